The van der Waals surface area contributed by atoms with Crippen LogP contribution in [0.4, 0.5) is 13.2 Å². The van der Waals surface area contributed by atoms with Crippen LogP contribution < -0.4 is 4.74 Å². The van der Waals surface area contributed by atoms with Crippen LogP contribution in [0.2, 0.25) is 0 Å². The molecule has 4 heteroatoms. The standard InChI is InChI=1S/C15H13F3O/c1-11-9-13(15(16,17)18)7-8-14(11)19-10-12-5-3-2-4-6-12/h2-9H,10H2,1H3. The van der Waals surface area contributed by atoms with Crippen LogP contribution in [0.25, 0.3) is 0 Å². The average molecular weight is 266 g/mol. The minimum absolute atomic E-state index is 0.340. The zero-order chi connectivity index (χ0) is 13.9. The van der Waals surface area contributed by atoms with Crippen molar-refractivity contribution < 1.29 is 17.9 Å². The molecule has 0 heterocycles. The number of hydrogen-bond acceptors (Lipinski definition) is 1. The van der Waals surface area contributed by atoms with Gasteiger partial charge in [-0.1, -0.05) is 30.3 Å². The smallest absolute Gasteiger partial charge is 0.416 e. The Labute approximate surface area is 109 Å². The Balaban J connectivity index is 2.10. The fraction of sp³-hybridized carbons (Fsp3) is 0.200. The fourth-order valence-electron chi connectivity index (χ4n) is 1.72. The minimum Gasteiger partial charge on any atom is -0.489 e. The summed E-state index contributed by atoms with van der Waals surface area (Å²) in [6, 6.07) is 13.0. The summed E-state index contributed by atoms with van der Waals surface area (Å²) in [6.07, 6.45) is -4.32. The van der Waals surface area contributed by atoms with Gasteiger partial charge >= 0.3 is 6.18 Å². The van der Waals surface area contributed by atoms with Crippen molar-refractivity contribution in [2.75, 3.05) is 0 Å². The monoisotopic (exact) mass is 266 g/mol. The third-order valence-corrected chi connectivity index (χ3v) is 2.74. The van der Waals surface area contributed by atoms with E-state index in [2.05, 4.69) is 0 Å². The molecule has 0 atom stereocenters. The van der Waals surface area contributed by atoms with E-state index in [1.165, 1.54) is 6.07 Å². The van der Waals surface area contributed by atoms with Gasteiger partial charge in [0.05, 0.1) is 5.56 Å². The quantitative estimate of drug-likeness (QED) is 0.789. The summed E-state index contributed by atoms with van der Waals surface area (Å²) in [4.78, 5) is 0. The first-order valence-corrected chi connectivity index (χ1v) is 5.81. The van der Waals surface area contributed by atoms with Gasteiger partial charge in [0, 0.05) is 0 Å². The lowest BCUT2D eigenvalue weighted by atomic mass is 10.1. The maximum absolute atomic E-state index is 12.5. The van der Waals surface area contributed by atoms with Gasteiger partial charge in [0.1, 0.15) is 12.4 Å². The largest absolute Gasteiger partial charge is 0.489 e. The van der Waals surface area contributed by atoms with Crippen LogP contribution in [0, 0.1) is 6.92 Å². The van der Waals surface area contributed by atoms with Crippen molar-refractivity contribution >= 4 is 0 Å². The van der Waals surface area contributed by atoms with Crippen molar-refractivity contribution in [2.24, 2.45) is 0 Å². The van der Waals surface area contributed by atoms with Gasteiger partial charge in [0.15, 0.2) is 0 Å². The van der Waals surface area contributed by atoms with E-state index in [0.717, 1.165) is 17.7 Å². The minimum atomic E-state index is -4.32. The highest BCUT2D eigenvalue weighted by atomic mass is 19.4. The number of hydrogen-bond donors (Lipinski definition) is 0. The molecule has 0 radical (unpaired) electrons. The van der Waals surface area contributed by atoms with Crippen LogP contribution in [0.5, 0.6) is 5.75 Å². The second-order valence-corrected chi connectivity index (χ2v) is 4.25. The molecule has 0 N–H and O–H groups in total. The van der Waals surface area contributed by atoms with Gasteiger partial charge < -0.3 is 4.74 Å². The Hall–Kier alpha value is -1.97. The van der Waals surface area contributed by atoms with E-state index in [4.69, 9.17) is 4.74 Å². The molecular formula is C15H13F3O. The van der Waals surface area contributed by atoms with E-state index < -0.39 is 11.7 Å². The van der Waals surface area contributed by atoms with Crippen LogP contribution in [0.3, 0.4) is 0 Å². The first-order valence-electron chi connectivity index (χ1n) is 5.81. The van der Waals surface area contributed by atoms with Crippen LogP contribution in [0.15, 0.2) is 48.5 Å². The van der Waals surface area contributed by atoms with Crippen molar-refractivity contribution in [1.82, 2.24) is 0 Å². The van der Waals surface area contributed by atoms with Gasteiger partial charge in [-0.15, -0.1) is 0 Å². The maximum atomic E-state index is 12.5. The Morgan fingerprint density at radius 3 is 2.26 bits per heavy atom. The molecule has 100 valence electrons. The Kier molecular flexibility index (Phi) is 3.79. The van der Waals surface area contributed by atoms with Crippen LogP contribution >= 0.6 is 0 Å². The summed E-state index contributed by atoms with van der Waals surface area (Å²) < 4.78 is 43.1. The predicted octanol–water partition coefficient (Wildman–Crippen LogP) is 4.59. The molecule has 1 nitrogen and oxygen atoms in total. The Morgan fingerprint density at radius 1 is 1.00 bits per heavy atom. The third kappa shape index (κ3) is 3.50. The topological polar surface area (TPSA) is 9.23 Å². The third-order valence-electron chi connectivity index (χ3n) is 2.74. The van der Waals surface area contributed by atoms with Crippen molar-refractivity contribution in [1.29, 1.82) is 0 Å². The van der Waals surface area contributed by atoms with Crippen molar-refractivity contribution in [3.63, 3.8) is 0 Å². The van der Waals surface area contributed by atoms with E-state index in [0.29, 0.717) is 17.9 Å². The van der Waals surface area contributed by atoms with Gasteiger partial charge in [-0.25, -0.2) is 0 Å². The molecule has 0 aromatic heterocycles. The molecule has 0 aliphatic rings. The van der Waals surface area contributed by atoms with Crippen molar-refractivity contribution in [2.45, 2.75) is 19.7 Å². The number of benzene rings is 2. The number of aryl methyl sites for hydroxylation is 1. The highest BCUT2D eigenvalue weighted by Gasteiger charge is 2.30. The second kappa shape index (κ2) is 5.34. The average Bonchev–Trinajstić information content (AvgIpc) is 2.37. The zero-order valence-electron chi connectivity index (χ0n) is 10.4. The summed E-state index contributed by atoms with van der Waals surface area (Å²) in [7, 11) is 0. The molecule has 0 saturated carbocycles. The normalized spacial score (nSPS) is 11.4. The summed E-state index contributed by atoms with van der Waals surface area (Å²) in [5.74, 6) is 0.469. The predicted molar refractivity (Wildman–Crippen MR) is 67.0 cm³/mol. The van der Waals surface area contributed by atoms with E-state index in [-0.39, 0.29) is 0 Å². The molecule has 0 spiro atoms. The maximum Gasteiger partial charge on any atom is 0.416 e. The SMILES string of the molecule is Cc1cc(C(F)(F)F)ccc1OCc1ccccc1. The first kappa shape index (κ1) is 13.5. The number of alkyl halides is 3. The zero-order valence-corrected chi connectivity index (χ0v) is 10.4. The fourth-order valence-corrected chi connectivity index (χ4v) is 1.72. The summed E-state index contributed by atoms with van der Waals surface area (Å²) in [5, 5.41) is 0. The molecule has 0 bridgehead atoms. The first-order chi connectivity index (χ1) is 8.97. The molecule has 0 unspecified atom stereocenters. The number of halogens is 3. The molecule has 19 heavy (non-hydrogen) atoms. The lowest BCUT2D eigenvalue weighted by molar-refractivity contribution is -0.137. The summed E-state index contributed by atoms with van der Waals surface area (Å²) in [5.41, 5.74) is 0.796. The summed E-state index contributed by atoms with van der Waals surface area (Å²) >= 11 is 0. The lowest BCUT2D eigenvalue weighted by Crippen LogP contribution is -2.05. The molecule has 0 aliphatic carbocycles. The van der Waals surface area contributed by atoms with Gasteiger partial charge in [0.25, 0.3) is 0 Å². The van der Waals surface area contributed by atoms with Gasteiger partial charge in [-0.05, 0) is 36.2 Å². The molecule has 0 amide bonds. The van der Waals surface area contributed by atoms with Crippen LogP contribution in [-0.2, 0) is 12.8 Å². The molecule has 2 aromatic rings. The van der Waals surface area contributed by atoms with Gasteiger partial charge in [-0.2, -0.15) is 13.2 Å². The number of ether oxygens (including phenoxy) is 1. The molecular weight excluding hydrogens is 253 g/mol. The van der Waals surface area contributed by atoms with E-state index in [1.807, 2.05) is 30.3 Å². The van der Waals surface area contributed by atoms with Gasteiger partial charge in [0.2, 0.25) is 0 Å². The summed E-state index contributed by atoms with van der Waals surface area (Å²) in [6.45, 7) is 1.95. The highest BCUT2D eigenvalue weighted by molar-refractivity contribution is 5.37. The molecule has 2 rings (SSSR count). The van der Waals surface area contributed by atoms with Crippen molar-refractivity contribution in [3.05, 3.63) is 65.2 Å². The van der Waals surface area contributed by atoms with E-state index in [9.17, 15) is 13.2 Å². The Bertz CT molecular complexity index is 547. The highest BCUT2D eigenvalue weighted by Crippen LogP contribution is 2.32. The lowest BCUT2D eigenvalue weighted by Gasteiger charge is -2.12. The molecule has 0 aliphatic heterocycles. The van der Waals surface area contributed by atoms with Crippen LogP contribution in [0.1, 0.15) is 16.7 Å². The molecule has 2 aromatic carbocycles. The van der Waals surface area contributed by atoms with E-state index in [1.54, 1.807) is 6.92 Å². The second-order valence-electron chi connectivity index (χ2n) is 4.25. The Morgan fingerprint density at radius 2 is 1.68 bits per heavy atom. The van der Waals surface area contributed by atoms with Crippen LogP contribution in [-0.4, -0.2) is 0 Å². The molecule has 0 saturated heterocycles. The van der Waals surface area contributed by atoms with E-state index >= 15 is 0 Å². The van der Waals surface area contributed by atoms with Crippen molar-refractivity contribution in [3.8, 4) is 5.75 Å². The van der Waals surface area contributed by atoms with Gasteiger partial charge in [-0.3, -0.25) is 0 Å². The number of rotatable bonds is 3. The molecule has 0 fully saturated rings.